The number of H-pyrrole nitrogens is 1. The summed E-state index contributed by atoms with van der Waals surface area (Å²) in [5, 5.41) is 12.3. The van der Waals surface area contributed by atoms with Gasteiger partial charge in [0, 0.05) is 37.3 Å². The van der Waals surface area contributed by atoms with E-state index in [4.69, 9.17) is 4.42 Å². The molecule has 1 aliphatic rings. The molecule has 0 fully saturated rings. The van der Waals surface area contributed by atoms with Crippen molar-refractivity contribution < 1.29 is 13.6 Å². The number of carbonyl (C=O) groups is 1. The van der Waals surface area contributed by atoms with E-state index >= 15 is 0 Å². The number of carbonyl (C=O) groups excluding carboxylic acids is 1. The highest BCUT2D eigenvalue weighted by molar-refractivity contribution is 5.90. The minimum atomic E-state index is -0.653. The summed E-state index contributed by atoms with van der Waals surface area (Å²) in [5.74, 6) is -0.841. The summed E-state index contributed by atoms with van der Waals surface area (Å²) in [5.41, 5.74) is 2.31. The third-order valence-electron chi connectivity index (χ3n) is 5.30. The lowest BCUT2D eigenvalue weighted by Crippen LogP contribution is -2.41. The molecule has 1 aliphatic heterocycles. The van der Waals surface area contributed by atoms with Crippen molar-refractivity contribution in [3.63, 3.8) is 0 Å². The first-order valence-corrected chi connectivity index (χ1v) is 9.77. The third kappa shape index (κ3) is 2.84. The van der Waals surface area contributed by atoms with Gasteiger partial charge in [0.05, 0.1) is 17.7 Å². The van der Waals surface area contributed by atoms with E-state index in [1.165, 1.54) is 23.0 Å². The monoisotopic (exact) mass is 431 g/mol. The molecule has 1 N–H and O–H groups in total. The number of fused-ring (bicyclic) bond motifs is 2. The van der Waals surface area contributed by atoms with Crippen molar-refractivity contribution >= 4 is 11.4 Å². The summed E-state index contributed by atoms with van der Waals surface area (Å²) >= 11 is 0. The maximum atomic E-state index is 14.3. The van der Waals surface area contributed by atoms with E-state index < -0.39 is 17.8 Å². The summed E-state index contributed by atoms with van der Waals surface area (Å²) in [7, 11) is 0. The van der Waals surface area contributed by atoms with E-state index in [2.05, 4.69) is 35.2 Å². The van der Waals surface area contributed by atoms with Crippen LogP contribution >= 0.6 is 0 Å². The maximum absolute atomic E-state index is 14.3. The molecule has 0 saturated heterocycles. The fourth-order valence-electron chi connectivity index (χ4n) is 3.86. The molecule has 0 radical (unpaired) electrons. The van der Waals surface area contributed by atoms with Crippen LogP contribution in [0.2, 0.25) is 0 Å². The van der Waals surface area contributed by atoms with Gasteiger partial charge in [-0.05, 0) is 24.3 Å². The predicted molar refractivity (Wildman–Crippen MR) is 106 cm³/mol. The Morgan fingerprint density at radius 2 is 2.06 bits per heavy atom. The van der Waals surface area contributed by atoms with Crippen LogP contribution < -0.4 is 0 Å². The van der Waals surface area contributed by atoms with Gasteiger partial charge in [-0.2, -0.15) is 5.10 Å². The van der Waals surface area contributed by atoms with Crippen LogP contribution in [-0.2, 0) is 6.42 Å². The summed E-state index contributed by atoms with van der Waals surface area (Å²) < 4.78 is 21.3. The van der Waals surface area contributed by atoms with Crippen LogP contribution in [0.25, 0.3) is 17.2 Å². The number of pyridine rings is 1. The van der Waals surface area contributed by atoms with E-state index in [9.17, 15) is 9.18 Å². The van der Waals surface area contributed by atoms with Gasteiger partial charge in [-0.15, -0.1) is 10.2 Å². The molecule has 0 saturated carbocycles. The standard InChI is InChI=1S/C20H14FN9O2/c21-11-3-1-7-30-14(11)9-13(28-30)16-15-12(24-10-25-15)4-8-29(16)20(31)19-27-26-18(32-19)17-22-5-2-6-23-17/h1-3,5-7,9-10,16H,4,8H2,(H,24,25). The highest BCUT2D eigenvalue weighted by Gasteiger charge is 2.38. The Morgan fingerprint density at radius 1 is 1.19 bits per heavy atom. The molecule has 1 unspecified atom stereocenters. The molecule has 0 spiro atoms. The van der Waals surface area contributed by atoms with E-state index in [0.717, 1.165) is 5.69 Å². The van der Waals surface area contributed by atoms with Crippen LogP contribution in [0.1, 0.15) is 33.8 Å². The molecule has 158 valence electrons. The number of hydrogen-bond donors (Lipinski definition) is 1. The van der Waals surface area contributed by atoms with E-state index in [1.807, 2.05) is 0 Å². The first-order valence-electron chi connectivity index (χ1n) is 9.77. The largest absolute Gasteiger partial charge is 0.409 e. The molecule has 12 heteroatoms. The van der Waals surface area contributed by atoms with Crippen LogP contribution in [-0.4, -0.2) is 57.1 Å². The fourth-order valence-corrected chi connectivity index (χ4v) is 3.86. The summed E-state index contributed by atoms with van der Waals surface area (Å²) in [6.45, 7) is 0.356. The van der Waals surface area contributed by atoms with E-state index in [-0.39, 0.29) is 17.6 Å². The second-order valence-electron chi connectivity index (χ2n) is 7.16. The molecule has 6 heterocycles. The quantitative estimate of drug-likeness (QED) is 0.458. The Balaban J connectivity index is 1.41. The number of hydrogen-bond acceptors (Lipinski definition) is 8. The Hall–Kier alpha value is -4.48. The van der Waals surface area contributed by atoms with Crippen LogP contribution in [0.4, 0.5) is 4.39 Å². The molecule has 0 aromatic carbocycles. The molecule has 5 aromatic rings. The highest BCUT2D eigenvalue weighted by Crippen LogP contribution is 2.34. The zero-order valence-corrected chi connectivity index (χ0v) is 16.4. The molecular formula is C20H14FN9O2. The second kappa shape index (κ2) is 7.04. The second-order valence-corrected chi connectivity index (χ2v) is 7.16. The average Bonchev–Trinajstić information content (AvgIpc) is 3.58. The first kappa shape index (κ1) is 18.3. The smallest absolute Gasteiger partial charge is 0.312 e. The van der Waals surface area contributed by atoms with Crippen LogP contribution in [0.15, 0.2) is 53.6 Å². The van der Waals surface area contributed by atoms with Crippen LogP contribution in [0.3, 0.4) is 0 Å². The Bertz CT molecular complexity index is 1440. The number of aromatic nitrogens is 8. The Kier molecular flexibility index (Phi) is 4.03. The molecule has 0 bridgehead atoms. The minimum absolute atomic E-state index is 0.0396. The number of nitrogens with one attached hydrogen (secondary N) is 1. The number of amides is 1. The maximum Gasteiger partial charge on any atom is 0.312 e. The van der Waals surface area contributed by atoms with E-state index in [0.29, 0.717) is 29.9 Å². The molecule has 5 aromatic heterocycles. The molecule has 11 nitrogen and oxygen atoms in total. The summed E-state index contributed by atoms with van der Waals surface area (Å²) in [6.07, 6.45) is 6.85. The van der Waals surface area contributed by atoms with Gasteiger partial charge >= 0.3 is 11.8 Å². The number of imidazole rings is 1. The molecule has 1 atom stereocenters. The molecule has 0 aliphatic carbocycles. The predicted octanol–water partition coefficient (Wildman–Crippen LogP) is 1.82. The number of rotatable bonds is 3. The Morgan fingerprint density at radius 3 is 2.91 bits per heavy atom. The van der Waals surface area contributed by atoms with E-state index in [1.54, 1.807) is 35.6 Å². The van der Waals surface area contributed by atoms with Gasteiger partial charge in [-0.25, -0.2) is 23.9 Å². The van der Waals surface area contributed by atoms with Crippen LogP contribution in [0.5, 0.6) is 0 Å². The van der Waals surface area contributed by atoms with Crippen LogP contribution in [0, 0.1) is 5.82 Å². The van der Waals surface area contributed by atoms with Gasteiger partial charge in [0.1, 0.15) is 17.4 Å². The summed E-state index contributed by atoms with van der Waals surface area (Å²) in [4.78, 5) is 30.6. The third-order valence-corrected chi connectivity index (χ3v) is 5.30. The molecule has 1 amide bonds. The zero-order chi connectivity index (χ0) is 21.7. The van der Waals surface area contributed by atoms with Crippen molar-refractivity contribution in [2.24, 2.45) is 0 Å². The van der Waals surface area contributed by atoms with Crippen molar-refractivity contribution in [3.05, 3.63) is 78.0 Å². The lowest BCUT2D eigenvalue weighted by atomic mass is 9.99. The highest BCUT2D eigenvalue weighted by atomic mass is 19.1. The fraction of sp³-hybridized carbons (Fsp3) is 0.150. The number of aromatic amines is 1. The van der Waals surface area contributed by atoms with Gasteiger partial charge < -0.3 is 14.3 Å². The van der Waals surface area contributed by atoms with Crippen molar-refractivity contribution in [2.45, 2.75) is 12.5 Å². The zero-order valence-electron chi connectivity index (χ0n) is 16.4. The number of halogens is 1. The molecule has 6 rings (SSSR count). The SMILES string of the molecule is O=C(c1nnc(-c2ncccn2)o1)N1CCc2[nH]cnc2C1c1cc2c(F)cccn2n1. The average molecular weight is 431 g/mol. The van der Waals surface area contributed by atoms with Gasteiger partial charge in [0.25, 0.3) is 5.89 Å². The molecule has 32 heavy (non-hydrogen) atoms. The first-order chi connectivity index (χ1) is 15.7. The van der Waals surface area contributed by atoms with Crippen molar-refractivity contribution in [2.75, 3.05) is 6.54 Å². The normalized spacial score (nSPS) is 15.8. The topological polar surface area (TPSA) is 131 Å². The van der Waals surface area contributed by atoms with Crippen molar-refractivity contribution in [1.82, 2.24) is 44.6 Å². The Labute approximate surface area is 179 Å². The lowest BCUT2D eigenvalue weighted by Gasteiger charge is -2.32. The molecular weight excluding hydrogens is 417 g/mol. The minimum Gasteiger partial charge on any atom is -0.409 e. The lowest BCUT2D eigenvalue weighted by molar-refractivity contribution is 0.0646. The van der Waals surface area contributed by atoms with Crippen molar-refractivity contribution in [3.8, 4) is 11.7 Å². The van der Waals surface area contributed by atoms with Gasteiger partial charge in [-0.1, -0.05) is 0 Å². The summed E-state index contributed by atoms with van der Waals surface area (Å²) in [6, 6.07) is 5.54. The van der Waals surface area contributed by atoms with Crippen molar-refractivity contribution in [1.29, 1.82) is 0 Å². The number of nitrogens with zero attached hydrogens (tertiary/aromatic N) is 8. The van der Waals surface area contributed by atoms with Gasteiger partial charge in [0.15, 0.2) is 0 Å². The van der Waals surface area contributed by atoms with Gasteiger partial charge in [0.2, 0.25) is 5.82 Å². The van der Waals surface area contributed by atoms with Gasteiger partial charge in [-0.3, -0.25) is 4.79 Å².